The summed E-state index contributed by atoms with van der Waals surface area (Å²) in [5, 5.41) is 2.59. The summed E-state index contributed by atoms with van der Waals surface area (Å²) < 4.78 is 38.1. The standard InChI is InChI=1S/C23H30N2O6S/c1-15-12-16(2)21(17(3)13-15)32(28,29)25(14-20(26)30-7)19-10-8-18(9-11-19)24-22(27)31-23(4,5)6/h8-13H,14H2,1-7H3,(H,24,27). The molecule has 1 amide bonds. The molecule has 32 heavy (non-hydrogen) atoms. The van der Waals surface area contributed by atoms with E-state index in [1.807, 2.05) is 6.92 Å². The summed E-state index contributed by atoms with van der Waals surface area (Å²) in [5.41, 5.74) is 2.13. The first-order valence-electron chi connectivity index (χ1n) is 10.0. The predicted octanol–water partition coefficient (Wildman–Crippen LogP) is 4.33. The van der Waals surface area contributed by atoms with E-state index in [0.29, 0.717) is 16.8 Å². The van der Waals surface area contributed by atoms with Gasteiger partial charge in [-0.05, 0) is 76.9 Å². The molecule has 174 valence electrons. The number of hydrogen-bond donors (Lipinski definition) is 1. The summed E-state index contributed by atoms with van der Waals surface area (Å²) in [5.74, 6) is -0.702. The molecule has 0 aliphatic carbocycles. The van der Waals surface area contributed by atoms with E-state index in [-0.39, 0.29) is 10.6 Å². The Labute approximate surface area is 189 Å². The SMILES string of the molecule is COC(=O)CN(c1ccc(NC(=O)OC(C)(C)C)cc1)S(=O)(=O)c1c(C)cc(C)cc1C. The van der Waals surface area contributed by atoms with Gasteiger partial charge in [0.15, 0.2) is 0 Å². The maximum Gasteiger partial charge on any atom is 0.412 e. The molecule has 0 atom stereocenters. The van der Waals surface area contributed by atoms with Crippen molar-refractivity contribution in [2.45, 2.75) is 52.0 Å². The molecule has 0 saturated heterocycles. The Bertz CT molecular complexity index is 1080. The Balaban J connectivity index is 2.44. The monoisotopic (exact) mass is 462 g/mol. The third-order valence-electron chi connectivity index (χ3n) is 4.45. The van der Waals surface area contributed by atoms with Crippen LogP contribution in [0.1, 0.15) is 37.5 Å². The van der Waals surface area contributed by atoms with Crippen LogP contribution in [0, 0.1) is 20.8 Å². The number of amides is 1. The van der Waals surface area contributed by atoms with Crippen molar-refractivity contribution in [3.8, 4) is 0 Å². The maximum absolute atomic E-state index is 13.6. The minimum absolute atomic E-state index is 0.142. The number of rotatable bonds is 6. The highest BCUT2D eigenvalue weighted by Crippen LogP contribution is 2.30. The Morgan fingerprint density at radius 2 is 1.53 bits per heavy atom. The smallest absolute Gasteiger partial charge is 0.412 e. The average Bonchev–Trinajstić information content (AvgIpc) is 2.63. The van der Waals surface area contributed by atoms with E-state index in [9.17, 15) is 18.0 Å². The number of ether oxygens (including phenoxy) is 2. The molecule has 0 aliphatic heterocycles. The van der Waals surface area contributed by atoms with E-state index < -0.39 is 34.2 Å². The Hall–Kier alpha value is -3.07. The predicted molar refractivity (Wildman–Crippen MR) is 123 cm³/mol. The summed E-state index contributed by atoms with van der Waals surface area (Å²) >= 11 is 0. The van der Waals surface area contributed by atoms with Gasteiger partial charge in [-0.1, -0.05) is 17.7 Å². The summed E-state index contributed by atoms with van der Waals surface area (Å²) in [6.45, 7) is 10.1. The van der Waals surface area contributed by atoms with Gasteiger partial charge in [0.1, 0.15) is 12.1 Å². The molecule has 0 aromatic heterocycles. The summed E-state index contributed by atoms with van der Waals surface area (Å²) in [4.78, 5) is 24.2. The lowest BCUT2D eigenvalue weighted by Crippen LogP contribution is -2.37. The normalized spacial score (nSPS) is 11.6. The van der Waals surface area contributed by atoms with Gasteiger partial charge in [-0.25, -0.2) is 13.2 Å². The zero-order valence-corrected chi connectivity index (χ0v) is 20.3. The number of carbonyl (C=O) groups excluding carboxylic acids is 2. The van der Waals surface area contributed by atoms with Gasteiger partial charge in [0.25, 0.3) is 10.0 Å². The van der Waals surface area contributed by atoms with Crippen molar-refractivity contribution in [2.75, 3.05) is 23.3 Å². The average molecular weight is 463 g/mol. The Morgan fingerprint density at radius 3 is 2.00 bits per heavy atom. The fraction of sp³-hybridized carbons (Fsp3) is 0.391. The number of esters is 1. The molecule has 0 fully saturated rings. The number of benzene rings is 2. The van der Waals surface area contributed by atoms with Crippen molar-refractivity contribution >= 4 is 33.5 Å². The number of methoxy groups -OCH3 is 1. The lowest BCUT2D eigenvalue weighted by Gasteiger charge is -2.25. The van der Waals surface area contributed by atoms with Gasteiger partial charge < -0.3 is 9.47 Å². The molecule has 1 N–H and O–H groups in total. The van der Waals surface area contributed by atoms with Crippen LogP contribution in [-0.2, 0) is 24.3 Å². The minimum atomic E-state index is -4.08. The van der Waals surface area contributed by atoms with Crippen LogP contribution in [0.2, 0.25) is 0 Å². The van der Waals surface area contributed by atoms with Crippen LogP contribution in [0.25, 0.3) is 0 Å². The number of carbonyl (C=O) groups is 2. The minimum Gasteiger partial charge on any atom is -0.468 e. The van der Waals surface area contributed by atoms with E-state index in [4.69, 9.17) is 9.47 Å². The number of hydrogen-bond acceptors (Lipinski definition) is 6. The summed E-state index contributed by atoms with van der Waals surface area (Å²) in [6.07, 6.45) is -0.629. The molecule has 0 unspecified atom stereocenters. The Morgan fingerprint density at radius 1 is 1.00 bits per heavy atom. The third-order valence-corrected chi connectivity index (χ3v) is 6.53. The first kappa shape index (κ1) is 25.2. The molecule has 8 nitrogen and oxygen atoms in total. The zero-order chi connectivity index (χ0) is 24.3. The van der Waals surface area contributed by atoms with Crippen molar-refractivity contribution in [2.24, 2.45) is 0 Å². The second kappa shape index (κ2) is 9.60. The molecule has 0 bridgehead atoms. The van der Waals surface area contributed by atoms with Crippen LogP contribution >= 0.6 is 0 Å². The molecule has 0 saturated carbocycles. The van der Waals surface area contributed by atoms with Crippen LogP contribution in [-0.4, -0.2) is 39.7 Å². The fourth-order valence-corrected chi connectivity index (χ4v) is 5.14. The van der Waals surface area contributed by atoms with Gasteiger partial charge in [-0.2, -0.15) is 0 Å². The van der Waals surface area contributed by atoms with Gasteiger partial charge >= 0.3 is 12.1 Å². The van der Waals surface area contributed by atoms with Crippen molar-refractivity contribution in [3.63, 3.8) is 0 Å². The van der Waals surface area contributed by atoms with Crippen LogP contribution in [0.3, 0.4) is 0 Å². The number of aryl methyl sites for hydroxylation is 3. The molecule has 2 aromatic carbocycles. The molecule has 2 rings (SSSR count). The van der Waals surface area contributed by atoms with E-state index in [2.05, 4.69) is 5.32 Å². The zero-order valence-electron chi connectivity index (χ0n) is 19.5. The highest BCUT2D eigenvalue weighted by Gasteiger charge is 2.30. The largest absolute Gasteiger partial charge is 0.468 e. The van der Waals surface area contributed by atoms with Gasteiger partial charge in [0.2, 0.25) is 0 Å². The van der Waals surface area contributed by atoms with Crippen molar-refractivity contribution in [1.82, 2.24) is 0 Å². The number of sulfonamides is 1. The third kappa shape index (κ3) is 6.23. The highest BCUT2D eigenvalue weighted by atomic mass is 32.2. The molecule has 0 spiro atoms. The van der Waals surface area contributed by atoms with Gasteiger partial charge in [-0.3, -0.25) is 14.4 Å². The molecule has 0 radical (unpaired) electrons. The molecule has 2 aromatic rings. The van der Waals surface area contributed by atoms with E-state index in [1.54, 1.807) is 46.8 Å². The van der Waals surface area contributed by atoms with Crippen LogP contribution in [0.5, 0.6) is 0 Å². The van der Waals surface area contributed by atoms with Crippen LogP contribution in [0.4, 0.5) is 16.2 Å². The first-order chi connectivity index (χ1) is 14.7. The topological polar surface area (TPSA) is 102 Å². The van der Waals surface area contributed by atoms with E-state index in [0.717, 1.165) is 9.87 Å². The number of anilines is 2. The van der Waals surface area contributed by atoms with Crippen molar-refractivity contribution in [1.29, 1.82) is 0 Å². The molecule has 9 heteroatoms. The first-order valence-corrected chi connectivity index (χ1v) is 11.5. The van der Waals surface area contributed by atoms with E-state index >= 15 is 0 Å². The fourth-order valence-electron chi connectivity index (χ4n) is 3.31. The highest BCUT2D eigenvalue weighted by molar-refractivity contribution is 7.93. The van der Waals surface area contributed by atoms with Gasteiger partial charge in [0, 0.05) is 5.69 Å². The second-order valence-electron chi connectivity index (χ2n) is 8.49. The van der Waals surface area contributed by atoms with Crippen molar-refractivity contribution < 1.29 is 27.5 Å². The lowest BCUT2D eigenvalue weighted by atomic mass is 10.1. The lowest BCUT2D eigenvalue weighted by molar-refractivity contribution is -0.138. The summed E-state index contributed by atoms with van der Waals surface area (Å²) in [7, 11) is -2.88. The van der Waals surface area contributed by atoms with Crippen LogP contribution in [0.15, 0.2) is 41.3 Å². The number of nitrogens with one attached hydrogen (secondary N) is 1. The summed E-state index contributed by atoms with van der Waals surface area (Å²) in [6, 6.07) is 9.65. The molecule has 0 aliphatic rings. The molecule has 0 heterocycles. The van der Waals surface area contributed by atoms with Crippen LogP contribution < -0.4 is 9.62 Å². The van der Waals surface area contributed by atoms with E-state index in [1.165, 1.54) is 31.4 Å². The maximum atomic E-state index is 13.6. The Kier molecular flexibility index (Phi) is 7.56. The molecular weight excluding hydrogens is 432 g/mol. The van der Waals surface area contributed by atoms with Crippen molar-refractivity contribution in [3.05, 3.63) is 53.1 Å². The van der Waals surface area contributed by atoms with Gasteiger partial charge in [-0.15, -0.1) is 0 Å². The number of nitrogens with zero attached hydrogens (tertiary/aromatic N) is 1. The van der Waals surface area contributed by atoms with Gasteiger partial charge in [0.05, 0.1) is 17.7 Å². The second-order valence-corrected chi connectivity index (χ2v) is 10.3. The molecular formula is C23H30N2O6S. The quantitative estimate of drug-likeness (QED) is 0.641.